The average Bonchev–Trinajstić information content (AvgIpc) is 3.77. The van der Waals surface area contributed by atoms with Crippen LogP contribution in [0.15, 0.2) is 73.3 Å². The first-order valence-corrected chi connectivity index (χ1v) is 15.4. The third-order valence-electron chi connectivity index (χ3n) is 8.62. The fourth-order valence-corrected chi connectivity index (χ4v) is 5.94. The molecule has 0 spiro atoms. The Morgan fingerprint density at radius 3 is 2.66 bits per heavy atom. The Morgan fingerprint density at radius 1 is 1.11 bits per heavy atom. The molecule has 0 bridgehead atoms. The summed E-state index contributed by atoms with van der Waals surface area (Å²) < 4.78 is 46.0. The Hall–Kier alpha value is -4.92. The molecule has 3 aromatic heterocycles. The summed E-state index contributed by atoms with van der Waals surface area (Å²) in [5.74, 6) is 6.06. The van der Waals surface area contributed by atoms with Crippen LogP contribution in [-0.4, -0.2) is 68.0 Å². The Morgan fingerprint density at radius 2 is 1.94 bits per heavy atom. The van der Waals surface area contributed by atoms with Gasteiger partial charge in [-0.15, -0.1) is 0 Å². The lowest BCUT2D eigenvalue weighted by Crippen LogP contribution is -2.31. The number of ketones is 1. The van der Waals surface area contributed by atoms with Crippen LogP contribution in [0.2, 0.25) is 0 Å². The zero-order chi connectivity index (χ0) is 33.3. The summed E-state index contributed by atoms with van der Waals surface area (Å²) in [6, 6.07) is 13.6. The Labute approximate surface area is 271 Å². The van der Waals surface area contributed by atoms with Crippen molar-refractivity contribution in [3.8, 4) is 11.8 Å². The number of hydrogen-bond donors (Lipinski definition) is 1. The van der Waals surface area contributed by atoms with Crippen LogP contribution >= 0.6 is 0 Å². The number of carbonyl (C=O) groups excluding carboxylic acids is 1. The van der Waals surface area contributed by atoms with Gasteiger partial charge in [0.05, 0.1) is 29.3 Å². The normalized spacial score (nSPS) is 15.3. The van der Waals surface area contributed by atoms with E-state index in [4.69, 9.17) is 0 Å². The van der Waals surface area contributed by atoms with Gasteiger partial charge < -0.3 is 10.2 Å². The van der Waals surface area contributed by atoms with Crippen LogP contribution in [0.25, 0.3) is 5.65 Å². The highest BCUT2D eigenvalue weighted by Crippen LogP contribution is 2.34. The van der Waals surface area contributed by atoms with E-state index < -0.39 is 11.7 Å². The first kappa shape index (κ1) is 32.0. The standard InChI is InChI=1S/C36H36F3N7O/c1-24-7-9-27(18-26(24)11-12-30-20-40-35-33(6-5-14-46(30)35)42-29-19-41-44(4)22-29)34(47)17-25-8-10-28(32(16-25)36(37,38)39)21-45-15-13-31(23-45)43(2)3/h5-10,14,16,18-20,22,31,42H,13,15,17,21,23H2,1-4H3. The van der Waals surface area contributed by atoms with Gasteiger partial charge in [-0.1, -0.05) is 30.2 Å². The molecular formula is C36H36F3N7O. The van der Waals surface area contributed by atoms with Crippen molar-refractivity contribution < 1.29 is 18.0 Å². The number of benzene rings is 2. The molecule has 1 atom stereocenters. The lowest BCUT2D eigenvalue weighted by atomic mass is 9.96. The number of likely N-dealkylation sites (N-methyl/N-ethyl adjacent to an activating group) is 1. The summed E-state index contributed by atoms with van der Waals surface area (Å²) in [6.07, 6.45) is 3.41. The van der Waals surface area contributed by atoms with E-state index in [1.54, 1.807) is 35.3 Å². The zero-order valence-corrected chi connectivity index (χ0v) is 26.8. The summed E-state index contributed by atoms with van der Waals surface area (Å²) >= 11 is 0. The van der Waals surface area contributed by atoms with Crippen molar-refractivity contribution in [2.75, 3.05) is 32.5 Å². The molecule has 0 aliphatic carbocycles. The third-order valence-corrected chi connectivity index (χ3v) is 8.62. The van der Waals surface area contributed by atoms with Crippen LogP contribution in [0.1, 0.15) is 50.3 Å². The molecule has 1 aliphatic rings. The van der Waals surface area contributed by atoms with Gasteiger partial charge in [0.1, 0.15) is 5.69 Å². The molecule has 0 radical (unpaired) electrons. The molecule has 6 rings (SSSR count). The quantitative estimate of drug-likeness (QED) is 0.164. The number of pyridine rings is 1. The number of hydrogen-bond acceptors (Lipinski definition) is 6. The van der Waals surface area contributed by atoms with E-state index >= 15 is 0 Å². The number of halogens is 3. The van der Waals surface area contributed by atoms with E-state index in [2.05, 4.69) is 37.0 Å². The molecule has 8 nitrogen and oxygen atoms in total. The molecule has 11 heteroatoms. The predicted molar refractivity (Wildman–Crippen MR) is 176 cm³/mol. The van der Waals surface area contributed by atoms with Gasteiger partial charge in [0, 0.05) is 62.7 Å². The molecule has 1 fully saturated rings. The second-order valence-electron chi connectivity index (χ2n) is 12.3. The number of rotatable bonds is 8. The van der Waals surface area contributed by atoms with E-state index in [1.165, 1.54) is 6.07 Å². The minimum Gasteiger partial charge on any atom is -0.350 e. The van der Waals surface area contributed by atoms with Crippen LogP contribution in [0.3, 0.4) is 0 Å². The van der Waals surface area contributed by atoms with Crippen molar-refractivity contribution in [3.05, 3.63) is 112 Å². The molecule has 1 saturated heterocycles. The second kappa shape index (κ2) is 13.1. The van der Waals surface area contributed by atoms with Crippen LogP contribution in [-0.2, 0) is 26.2 Å². The molecule has 0 amide bonds. The van der Waals surface area contributed by atoms with Gasteiger partial charge in [0.15, 0.2) is 11.4 Å². The summed E-state index contributed by atoms with van der Waals surface area (Å²) in [6.45, 7) is 3.60. The minimum absolute atomic E-state index is 0.147. The first-order chi connectivity index (χ1) is 22.4. The van der Waals surface area contributed by atoms with Gasteiger partial charge in [-0.05, 0) is 74.3 Å². The van der Waals surface area contributed by atoms with Crippen molar-refractivity contribution in [3.63, 3.8) is 0 Å². The second-order valence-corrected chi connectivity index (χ2v) is 12.3. The molecule has 1 unspecified atom stereocenters. The summed E-state index contributed by atoms with van der Waals surface area (Å²) in [4.78, 5) is 22.0. The predicted octanol–water partition coefficient (Wildman–Crippen LogP) is 6.10. The zero-order valence-electron chi connectivity index (χ0n) is 26.8. The highest BCUT2D eigenvalue weighted by molar-refractivity contribution is 5.98. The molecule has 4 heterocycles. The van der Waals surface area contributed by atoms with Crippen molar-refractivity contribution in [2.24, 2.45) is 7.05 Å². The molecular weight excluding hydrogens is 603 g/mol. The maximum absolute atomic E-state index is 14.1. The number of carbonyl (C=O) groups is 1. The van der Waals surface area contributed by atoms with Gasteiger partial charge in [-0.25, -0.2) is 4.98 Å². The van der Waals surface area contributed by atoms with Gasteiger partial charge in [-0.2, -0.15) is 18.3 Å². The highest BCUT2D eigenvalue weighted by atomic mass is 19.4. The lowest BCUT2D eigenvalue weighted by molar-refractivity contribution is -0.138. The third kappa shape index (κ3) is 7.24. The monoisotopic (exact) mass is 639 g/mol. The number of aromatic nitrogens is 4. The van der Waals surface area contributed by atoms with E-state index in [-0.39, 0.29) is 24.3 Å². The maximum Gasteiger partial charge on any atom is 0.416 e. The number of imidazole rings is 1. The van der Waals surface area contributed by atoms with Crippen molar-refractivity contribution in [1.29, 1.82) is 0 Å². The van der Waals surface area contributed by atoms with Gasteiger partial charge in [0.25, 0.3) is 0 Å². The molecule has 5 aromatic rings. The van der Waals surface area contributed by atoms with E-state index in [0.29, 0.717) is 34.1 Å². The van der Waals surface area contributed by atoms with Crippen LogP contribution in [0.5, 0.6) is 0 Å². The number of likely N-dealkylation sites (tertiary alicyclic amines) is 1. The van der Waals surface area contributed by atoms with Gasteiger partial charge in [-0.3, -0.25) is 18.8 Å². The number of nitrogens with one attached hydrogen (secondary N) is 1. The number of nitrogens with zero attached hydrogens (tertiary/aromatic N) is 6. The Balaban J connectivity index is 1.19. The smallest absolute Gasteiger partial charge is 0.350 e. The van der Waals surface area contributed by atoms with Crippen LogP contribution < -0.4 is 5.32 Å². The molecule has 242 valence electrons. The van der Waals surface area contributed by atoms with E-state index in [1.807, 2.05) is 63.1 Å². The van der Waals surface area contributed by atoms with E-state index in [0.717, 1.165) is 42.5 Å². The van der Waals surface area contributed by atoms with Crippen LogP contribution in [0, 0.1) is 18.8 Å². The molecule has 1 N–H and O–H groups in total. The van der Waals surface area contributed by atoms with E-state index in [9.17, 15) is 18.0 Å². The fraction of sp³-hybridized carbons (Fsp3) is 0.306. The summed E-state index contributed by atoms with van der Waals surface area (Å²) in [5.41, 5.74) is 4.80. The topological polar surface area (TPSA) is 70.7 Å². The number of anilines is 2. The average molecular weight is 640 g/mol. The number of fused-ring (bicyclic) bond motifs is 1. The Kier molecular flexibility index (Phi) is 8.90. The SMILES string of the molecule is Cc1ccc(C(=O)Cc2ccc(CN3CCC(N(C)C)C3)c(C(F)(F)F)c2)cc1C#Cc1cnc2c(Nc3cnn(C)c3)cccn12. The summed E-state index contributed by atoms with van der Waals surface area (Å²) in [7, 11) is 5.83. The largest absolute Gasteiger partial charge is 0.416 e. The number of aryl methyl sites for hydroxylation is 2. The van der Waals surface area contributed by atoms with Crippen molar-refractivity contribution in [2.45, 2.75) is 38.5 Å². The van der Waals surface area contributed by atoms with Crippen molar-refractivity contribution in [1.82, 2.24) is 29.0 Å². The number of Topliss-reactive ketones (excluding diaryl/α,β-unsaturated/α-hetero) is 1. The molecule has 0 saturated carbocycles. The fourth-order valence-electron chi connectivity index (χ4n) is 5.94. The molecule has 2 aromatic carbocycles. The highest BCUT2D eigenvalue weighted by Gasteiger charge is 2.35. The molecule has 47 heavy (non-hydrogen) atoms. The van der Waals surface area contributed by atoms with Gasteiger partial charge in [0.2, 0.25) is 0 Å². The van der Waals surface area contributed by atoms with Gasteiger partial charge >= 0.3 is 6.18 Å². The minimum atomic E-state index is -4.52. The summed E-state index contributed by atoms with van der Waals surface area (Å²) in [5, 5.41) is 7.51. The maximum atomic E-state index is 14.1. The Bertz CT molecular complexity index is 2000. The lowest BCUT2D eigenvalue weighted by Gasteiger charge is -2.22. The van der Waals surface area contributed by atoms with Crippen LogP contribution in [0.4, 0.5) is 24.5 Å². The van der Waals surface area contributed by atoms with Crippen molar-refractivity contribution >= 4 is 22.8 Å². The molecule has 1 aliphatic heterocycles. The number of alkyl halides is 3. The first-order valence-electron chi connectivity index (χ1n) is 15.4.